The first-order valence-corrected chi connectivity index (χ1v) is 8.75. The Morgan fingerprint density at radius 2 is 2.00 bits per heavy atom. The van der Waals surface area contributed by atoms with E-state index in [9.17, 15) is 9.18 Å². The maximum absolute atomic E-state index is 12.9. The maximum Gasteiger partial charge on any atom is 0.275 e. The molecule has 27 heavy (non-hydrogen) atoms. The highest BCUT2D eigenvalue weighted by molar-refractivity contribution is 7.13. The van der Waals surface area contributed by atoms with Gasteiger partial charge in [-0.3, -0.25) is 4.79 Å². The molecule has 0 atom stereocenters. The Labute approximate surface area is 157 Å². The van der Waals surface area contributed by atoms with Crippen molar-refractivity contribution >= 4 is 22.9 Å². The molecule has 3 aromatic heterocycles. The fourth-order valence-electron chi connectivity index (χ4n) is 2.22. The second-order valence-corrected chi connectivity index (χ2v) is 6.27. The van der Waals surface area contributed by atoms with Gasteiger partial charge in [0.1, 0.15) is 17.3 Å². The molecule has 0 aliphatic carbocycles. The largest absolute Gasteiger partial charge is 0.462 e. The van der Waals surface area contributed by atoms with Crippen molar-refractivity contribution < 1.29 is 18.3 Å². The number of rotatable bonds is 5. The van der Waals surface area contributed by atoms with Crippen LogP contribution >= 0.6 is 11.3 Å². The summed E-state index contributed by atoms with van der Waals surface area (Å²) in [6.45, 7) is 0. The molecule has 1 aromatic carbocycles. The molecule has 6 nitrogen and oxygen atoms in total. The number of carbonyl (C=O) groups is 1. The van der Waals surface area contributed by atoms with Crippen LogP contribution in [0.15, 0.2) is 70.8 Å². The van der Waals surface area contributed by atoms with E-state index in [1.807, 2.05) is 0 Å². The van der Waals surface area contributed by atoms with Gasteiger partial charge in [0, 0.05) is 11.4 Å². The molecule has 4 rings (SSSR count). The van der Waals surface area contributed by atoms with Gasteiger partial charge in [-0.05, 0) is 42.5 Å². The van der Waals surface area contributed by atoms with Gasteiger partial charge < -0.3 is 14.5 Å². The van der Waals surface area contributed by atoms with Crippen molar-refractivity contribution in [2.75, 3.05) is 5.32 Å². The molecule has 0 bridgehead atoms. The SMILES string of the molecule is O=C(Nc1ccc(Oc2ccc(F)cc2)nc1)c1csc(-c2ccco2)n1. The Morgan fingerprint density at radius 1 is 1.15 bits per heavy atom. The zero-order chi connectivity index (χ0) is 18.6. The summed E-state index contributed by atoms with van der Waals surface area (Å²) in [7, 11) is 0. The summed E-state index contributed by atoms with van der Waals surface area (Å²) in [4.78, 5) is 20.7. The average molecular weight is 381 g/mol. The fraction of sp³-hybridized carbons (Fsp3) is 0. The van der Waals surface area contributed by atoms with Gasteiger partial charge in [-0.2, -0.15) is 0 Å². The highest BCUT2D eigenvalue weighted by Crippen LogP contribution is 2.25. The van der Waals surface area contributed by atoms with Gasteiger partial charge in [-0.25, -0.2) is 14.4 Å². The summed E-state index contributed by atoms with van der Waals surface area (Å²) in [5.74, 6) is 0.716. The summed E-state index contributed by atoms with van der Waals surface area (Å²) < 4.78 is 23.7. The molecule has 1 amide bonds. The fourth-order valence-corrected chi connectivity index (χ4v) is 2.99. The standard InChI is InChI=1S/C19H12FN3O3S/c20-12-3-6-14(7-4-12)26-17-8-5-13(10-21-17)22-18(24)15-11-27-19(23-15)16-2-1-9-25-16/h1-11H,(H,22,24). The van der Waals surface area contributed by atoms with Gasteiger partial charge >= 0.3 is 0 Å². The Balaban J connectivity index is 1.40. The second kappa shape index (κ2) is 7.38. The number of aromatic nitrogens is 2. The molecule has 134 valence electrons. The van der Waals surface area contributed by atoms with Crippen LogP contribution in [0.2, 0.25) is 0 Å². The van der Waals surface area contributed by atoms with Crippen LogP contribution in [0.3, 0.4) is 0 Å². The van der Waals surface area contributed by atoms with Crippen LogP contribution in [-0.4, -0.2) is 15.9 Å². The third kappa shape index (κ3) is 4.01. The van der Waals surface area contributed by atoms with Gasteiger partial charge in [0.15, 0.2) is 10.8 Å². The molecule has 4 aromatic rings. The van der Waals surface area contributed by atoms with Crippen LogP contribution in [0, 0.1) is 5.82 Å². The highest BCUT2D eigenvalue weighted by Gasteiger charge is 2.13. The van der Waals surface area contributed by atoms with E-state index in [1.165, 1.54) is 41.8 Å². The number of anilines is 1. The van der Waals surface area contributed by atoms with E-state index in [-0.39, 0.29) is 17.4 Å². The number of amides is 1. The zero-order valence-corrected chi connectivity index (χ0v) is 14.6. The summed E-state index contributed by atoms with van der Waals surface area (Å²) in [6, 6.07) is 12.4. The van der Waals surface area contributed by atoms with Crippen LogP contribution in [0.25, 0.3) is 10.8 Å². The third-order valence-corrected chi connectivity index (χ3v) is 4.36. The molecule has 0 aliphatic heterocycles. The predicted octanol–water partition coefficient (Wildman–Crippen LogP) is 4.98. The van der Waals surface area contributed by atoms with Crippen molar-refractivity contribution in [1.82, 2.24) is 9.97 Å². The van der Waals surface area contributed by atoms with E-state index in [0.29, 0.717) is 28.1 Å². The van der Waals surface area contributed by atoms with E-state index >= 15 is 0 Å². The van der Waals surface area contributed by atoms with Crippen molar-refractivity contribution in [3.05, 3.63) is 77.9 Å². The molecular weight excluding hydrogens is 369 g/mol. The van der Waals surface area contributed by atoms with Gasteiger partial charge in [0.05, 0.1) is 18.1 Å². The lowest BCUT2D eigenvalue weighted by atomic mass is 10.3. The molecule has 0 spiro atoms. The van der Waals surface area contributed by atoms with Crippen molar-refractivity contribution in [2.45, 2.75) is 0 Å². The van der Waals surface area contributed by atoms with Crippen molar-refractivity contribution in [3.63, 3.8) is 0 Å². The lowest BCUT2D eigenvalue weighted by molar-refractivity contribution is 0.102. The van der Waals surface area contributed by atoms with Crippen molar-refractivity contribution in [1.29, 1.82) is 0 Å². The van der Waals surface area contributed by atoms with Crippen LogP contribution in [-0.2, 0) is 0 Å². The maximum atomic E-state index is 12.9. The predicted molar refractivity (Wildman–Crippen MR) is 98.5 cm³/mol. The second-order valence-electron chi connectivity index (χ2n) is 5.41. The lowest BCUT2D eigenvalue weighted by Gasteiger charge is -2.06. The van der Waals surface area contributed by atoms with Crippen LogP contribution in [0.5, 0.6) is 11.6 Å². The van der Waals surface area contributed by atoms with Gasteiger partial charge in [-0.1, -0.05) is 0 Å². The third-order valence-electron chi connectivity index (χ3n) is 3.50. The first-order valence-electron chi connectivity index (χ1n) is 7.87. The molecule has 1 N–H and O–H groups in total. The van der Waals surface area contributed by atoms with Crippen LogP contribution in [0.1, 0.15) is 10.5 Å². The first-order chi connectivity index (χ1) is 13.2. The molecule has 0 unspecified atom stereocenters. The van der Waals surface area contributed by atoms with E-state index in [0.717, 1.165) is 0 Å². The van der Waals surface area contributed by atoms with E-state index < -0.39 is 0 Å². The molecule has 0 fully saturated rings. The summed E-state index contributed by atoms with van der Waals surface area (Å²) in [5, 5.41) is 5.01. The molecular formula is C19H12FN3O3S. The lowest BCUT2D eigenvalue weighted by Crippen LogP contribution is -2.12. The van der Waals surface area contributed by atoms with Crippen molar-refractivity contribution in [2.24, 2.45) is 0 Å². The number of nitrogens with zero attached hydrogens (tertiary/aromatic N) is 2. The Hall–Kier alpha value is -3.52. The van der Waals surface area contributed by atoms with Gasteiger partial charge in [-0.15, -0.1) is 11.3 Å². The van der Waals surface area contributed by atoms with Crippen molar-refractivity contribution in [3.8, 4) is 22.4 Å². The number of pyridine rings is 1. The van der Waals surface area contributed by atoms with E-state index in [2.05, 4.69) is 15.3 Å². The van der Waals surface area contributed by atoms with Crippen LogP contribution < -0.4 is 10.1 Å². The Kier molecular flexibility index (Phi) is 4.63. The minimum Gasteiger partial charge on any atom is -0.462 e. The number of furan rings is 1. The minimum atomic E-state index is -0.349. The number of carbonyl (C=O) groups excluding carboxylic acids is 1. The number of nitrogens with one attached hydrogen (secondary N) is 1. The van der Waals surface area contributed by atoms with E-state index in [1.54, 1.807) is 35.9 Å². The van der Waals surface area contributed by atoms with Gasteiger partial charge in [0.25, 0.3) is 5.91 Å². The summed E-state index contributed by atoms with van der Waals surface area (Å²) >= 11 is 1.32. The smallest absolute Gasteiger partial charge is 0.275 e. The molecule has 0 radical (unpaired) electrons. The number of thiazole rings is 1. The number of halogens is 1. The molecule has 3 heterocycles. The summed E-state index contributed by atoms with van der Waals surface area (Å²) in [6.07, 6.45) is 3.02. The number of ether oxygens (including phenoxy) is 1. The minimum absolute atomic E-state index is 0.290. The number of hydrogen-bond acceptors (Lipinski definition) is 6. The average Bonchev–Trinajstić information content (AvgIpc) is 3.36. The molecule has 0 saturated carbocycles. The molecule has 0 saturated heterocycles. The molecule has 0 aliphatic rings. The normalized spacial score (nSPS) is 10.6. The first kappa shape index (κ1) is 16.9. The topological polar surface area (TPSA) is 77.2 Å². The zero-order valence-electron chi connectivity index (χ0n) is 13.8. The quantitative estimate of drug-likeness (QED) is 0.527. The number of benzene rings is 1. The number of hydrogen-bond donors (Lipinski definition) is 1. The highest BCUT2D eigenvalue weighted by atomic mass is 32.1. The Bertz CT molecular complexity index is 1040. The summed E-state index contributed by atoms with van der Waals surface area (Å²) in [5.41, 5.74) is 0.789. The van der Waals surface area contributed by atoms with E-state index in [4.69, 9.17) is 9.15 Å². The molecule has 8 heteroatoms. The van der Waals surface area contributed by atoms with Gasteiger partial charge in [0.2, 0.25) is 5.88 Å². The monoisotopic (exact) mass is 381 g/mol. The Morgan fingerprint density at radius 3 is 2.70 bits per heavy atom. The van der Waals surface area contributed by atoms with Crippen LogP contribution in [0.4, 0.5) is 10.1 Å².